The Morgan fingerprint density at radius 3 is 1.15 bits per heavy atom. The van der Waals surface area contributed by atoms with Gasteiger partial charge in [0, 0.05) is 12.8 Å². The van der Waals surface area contributed by atoms with E-state index in [1.807, 2.05) is 12.4 Å². The van der Waals surface area contributed by atoms with Gasteiger partial charge in [-0.3, -0.25) is 0 Å². The first-order valence-corrected chi connectivity index (χ1v) is 11.3. The molecule has 2 aromatic carbocycles. The minimum absolute atomic E-state index is 0. The van der Waals surface area contributed by atoms with Gasteiger partial charge in [-0.1, -0.05) is 90.1 Å². The Balaban J connectivity index is 0.00000306. The van der Waals surface area contributed by atoms with E-state index in [1.54, 1.807) is 0 Å². The van der Waals surface area contributed by atoms with Crippen molar-refractivity contribution in [3.8, 4) is 33.6 Å². The molecule has 0 aliphatic carbocycles. The second-order valence-electron chi connectivity index (χ2n) is 11.1. The van der Waals surface area contributed by atoms with Crippen LogP contribution in [0.25, 0.3) is 33.6 Å². The smallest absolute Gasteiger partial charge is 0.107 e. The van der Waals surface area contributed by atoms with E-state index in [1.165, 1.54) is 11.1 Å². The van der Waals surface area contributed by atoms with Gasteiger partial charge in [0.25, 0.3) is 0 Å². The van der Waals surface area contributed by atoms with Crippen LogP contribution in [0.4, 0.5) is 0 Å². The molecule has 2 heterocycles. The molecule has 0 aliphatic heterocycles. The van der Waals surface area contributed by atoms with Crippen molar-refractivity contribution in [2.24, 2.45) is 10.8 Å². The van der Waals surface area contributed by atoms with Gasteiger partial charge >= 0.3 is 0 Å². The Bertz CT molecular complexity index is 1070. The van der Waals surface area contributed by atoms with Crippen LogP contribution >= 0.6 is 0 Å². The molecule has 0 spiro atoms. The average Bonchev–Trinajstić information content (AvgIpc) is 3.35. The lowest BCUT2D eigenvalue weighted by Gasteiger charge is -2.15. The number of aromatic amines is 2. The van der Waals surface area contributed by atoms with Crippen LogP contribution in [0, 0.1) is 10.8 Å². The average molecular weight is 444 g/mol. The van der Waals surface area contributed by atoms with E-state index in [2.05, 4.69) is 110 Å². The van der Waals surface area contributed by atoms with Crippen molar-refractivity contribution in [1.82, 2.24) is 26.1 Å². The molecule has 33 heavy (non-hydrogen) atoms. The molecule has 0 fully saturated rings. The SMILES string of the molecule is CC(C)(C)Cc1ncc(-c2ccc(-c3ccc(-c4cnc(CC(C)(C)C)[nH]4)cc3)cc2)[nH]1.N. The van der Waals surface area contributed by atoms with Crippen LogP contribution < -0.4 is 6.15 Å². The highest BCUT2D eigenvalue weighted by atomic mass is 14.9. The zero-order chi connectivity index (χ0) is 22.9. The molecule has 0 unspecified atom stereocenters. The molecule has 5 heteroatoms. The van der Waals surface area contributed by atoms with Crippen LogP contribution in [-0.2, 0) is 12.8 Å². The second-order valence-corrected chi connectivity index (χ2v) is 11.1. The van der Waals surface area contributed by atoms with Crippen molar-refractivity contribution < 1.29 is 0 Å². The van der Waals surface area contributed by atoms with Gasteiger partial charge in [-0.2, -0.15) is 0 Å². The van der Waals surface area contributed by atoms with E-state index in [4.69, 9.17) is 0 Å². The quantitative estimate of drug-likeness (QED) is 0.298. The summed E-state index contributed by atoms with van der Waals surface area (Å²) in [5.41, 5.74) is 7.28. The third-order valence-corrected chi connectivity index (χ3v) is 5.38. The third kappa shape index (κ3) is 6.42. The number of hydrogen-bond acceptors (Lipinski definition) is 3. The summed E-state index contributed by atoms with van der Waals surface area (Å²) >= 11 is 0. The summed E-state index contributed by atoms with van der Waals surface area (Å²) in [5.74, 6) is 2.08. The van der Waals surface area contributed by atoms with Crippen molar-refractivity contribution >= 4 is 0 Å². The standard InChI is InChI=1S/C28H34N4.H3N/c1-27(2,3)15-25-29-17-23(31-25)21-11-7-19(8-12-21)20-9-13-22(14-10-20)24-18-30-26(32-24)16-28(4,5)6;/h7-14,17-18H,15-16H2,1-6H3,(H,29,31)(H,30,32);1H3. The van der Waals surface area contributed by atoms with Crippen molar-refractivity contribution in [3.63, 3.8) is 0 Å². The van der Waals surface area contributed by atoms with Gasteiger partial charge in [0.15, 0.2) is 0 Å². The van der Waals surface area contributed by atoms with Crippen molar-refractivity contribution in [3.05, 3.63) is 72.6 Å². The predicted molar refractivity (Wildman–Crippen MR) is 138 cm³/mol. The molecule has 2 aromatic heterocycles. The molecule has 0 amide bonds. The summed E-state index contributed by atoms with van der Waals surface area (Å²) in [6.07, 6.45) is 5.74. The van der Waals surface area contributed by atoms with Gasteiger partial charge in [0.2, 0.25) is 0 Å². The maximum atomic E-state index is 4.55. The Morgan fingerprint density at radius 1 is 0.545 bits per heavy atom. The topological polar surface area (TPSA) is 92.4 Å². The number of rotatable bonds is 5. The maximum Gasteiger partial charge on any atom is 0.107 e. The predicted octanol–water partition coefficient (Wildman–Crippen LogP) is 7.47. The van der Waals surface area contributed by atoms with Crippen molar-refractivity contribution in [1.29, 1.82) is 0 Å². The molecular weight excluding hydrogens is 406 g/mol. The zero-order valence-corrected chi connectivity index (χ0v) is 20.8. The molecule has 0 saturated carbocycles. The number of hydrogen-bond donors (Lipinski definition) is 3. The number of imidazole rings is 2. The zero-order valence-electron chi connectivity index (χ0n) is 20.8. The third-order valence-electron chi connectivity index (χ3n) is 5.38. The van der Waals surface area contributed by atoms with Gasteiger partial charge in [-0.05, 0) is 33.1 Å². The van der Waals surface area contributed by atoms with Crippen LogP contribution in [0.2, 0.25) is 0 Å². The molecule has 0 aliphatic rings. The fourth-order valence-electron chi connectivity index (χ4n) is 3.89. The molecule has 0 bridgehead atoms. The number of benzene rings is 2. The molecular formula is C28H37N5. The fourth-order valence-corrected chi connectivity index (χ4v) is 3.89. The molecule has 4 aromatic rings. The normalized spacial score (nSPS) is 11.9. The lowest BCUT2D eigenvalue weighted by atomic mass is 9.92. The first-order valence-electron chi connectivity index (χ1n) is 11.3. The van der Waals surface area contributed by atoms with Crippen molar-refractivity contribution in [2.45, 2.75) is 54.4 Å². The van der Waals surface area contributed by atoms with E-state index in [0.29, 0.717) is 0 Å². The first-order chi connectivity index (χ1) is 15.1. The monoisotopic (exact) mass is 443 g/mol. The molecule has 0 radical (unpaired) electrons. The fraction of sp³-hybridized carbons (Fsp3) is 0.357. The van der Waals surface area contributed by atoms with Crippen LogP contribution in [0.15, 0.2) is 60.9 Å². The molecule has 5 N–H and O–H groups in total. The summed E-state index contributed by atoms with van der Waals surface area (Å²) in [6, 6.07) is 17.3. The minimum Gasteiger partial charge on any atom is -0.344 e. The highest BCUT2D eigenvalue weighted by Gasteiger charge is 2.15. The van der Waals surface area contributed by atoms with Gasteiger partial charge in [-0.15, -0.1) is 0 Å². The maximum absolute atomic E-state index is 4.55. The number of nitrogens with zero attached hydrogens (tertiary/aromatic N) is 2. The molecule has 5 nitrogen and oxygen atoms in total. The summed E-state index contributed by atoms with van der Waals surface area (Å²) in [7, 11) is 0. The van der Waals surface area contributed by atoms with Crippen LogP contribution in [-0.4, -0.2) is 19.9 Å². The van der Waals surface area contributed by atoms with E-state index >= 15 is 0 Å². The number of aromatic nitrogens is 4. The summed E-state index contributed by atoms with van der Waals surface area (Å²) < 4.78 is 0. The highest BCUT2D eigenvalue weighted by Crippen LogP contribution is 2.28. The lowest BCUT2D eigenvalue weighted by Crippen LogP contribution is -2.10. The van der Waals surface area contributed by atoms with E-state index in [9.17, 15) is 0 Å². The van der Waals surface area contributed by atoms with Gasteiger partial charge in [0.1, 0.15) is 11.6 Å². The Morgan fingerprint density at radius 2 is 0.848 bits per heavy atom. The number of H-pyrrole nitrogens is 2. The molecule has 4 rings (SSSR count). The molecule has 0 saturated heterocycles. The highest BCUT2D eigenvalue weighted by molar-refractivity contribution is 5.71. The van der Waals surface area contributed by atoms with Crippen LogP contribution in [0.1, 0.15) is 53.2 Å². The van der Waals surface area contributed by atoms with Gasteiger partial charge < -0.3 is 16.1 Å². The van der Waals surface area contributed by atoms with E-state index < -0.39 is 0 Å². The van der Waals surface area contributed by atoms with E-state index in [0.717, 1.165) is 47.0 Å². The molecule has 0 atom stereocenters. The van der Waals surface area contributed by atoms with Crippen LogP contribution in [0.3, 0.4) is 0 Å². The summed E-state index contributed by atoms with van der Waals surface area (Å²) in [5, 5.41) is 0. The number of nitrogens with one attached hydrogen (secondary N) is 2. The van der Waals surface area contributed by atoms with Gasteiger partial charge in [0.05, 0.1) is 23.8 Å². The summed E-state index contributed by atoms with van der Waals surface area (Å²) in [4.78, 5) is 16.0. The largest absolute Gasteiger partial charge is 0.344 e. The lowest BCUT2D eigenvalue weighted by molar-refractivity contribution is 0.402. The Labute approximate surface area is 197 Å². The second kappa shape index (κ2) is 9.36. The minimum atomic E-state index is 0. The summed E-state index contributed by atoms with van der Waals surface area (Å²) in [6.45, 7) is 13.4. The Kier molecular flexibility index (Phi) is 6.94. The molecule has 174 valence electrons. The first kappa shape index (κ1) is 24.5. The van der Waals surface area contributed by atoms with Gasteiger partial charge in [-0.25, -0.2) is 9.97 Å². The Hall–Kier alpha value is -3.18. The van der Waals surface area contributed by atoms with E-state index in [-0.39, 0.29) is 17.0 Å². The van der Waals surface area contributed by atoms with Crippen molar-refractivity contribution in [2.75, 3.05) is 0 Å². The van der Waals surface area contributed by atoms with Crippen LogP contribution in [0.5, 0.6) is 0 Å².